The van der Waals surface area contributed by atoms with Crippen molar-refractivity contribution >= 4 is 5.82 Å². The van der Waals surface area contributed by atoms with Crippen molar-refractivity contribution < 1.29 is 0 Å². The molecule has 1 atom stereocenters. The second-order valence-corrected chi connectivity index (χ2v) is 3.89. The van der Waals surface area contributed by atoms with E-state index >= 15 is 0 Å². The van der Waals surface area contributed by atoms with E-state index in [1.807, 2.05) is 6.07 Å². The predicted octanol–water partition coefficient (Wildman–Crippen LogP) is 0.350. The highest BCUT2D eigenvalue weighted by molar-refractivity contribution is 5.46. The molecule has 2 N–H and O–H groups in total. The molecule has 0 aliphatic carbocycles. The second kappa shape index (κ2) is 3.83. The molecule has 0 spiro atoms. The van der Waals surface area contributed by atoms with Gasteiger partial charge in [-0.1, -0.05) is 0 Å². The lowest BCUT2D eigenvalue weighted by Gasteiger charge is -2.09. The largest absolute Gasteiger partial charge is 0.382 e. The van der Waals surface area contributed by atoms with Gasteiger partial charge in [0.1, 0.15) is 23.3 Å². The average Bonchev–Trinajstić information content (AvgIpc) is 2.65. The minimum absolute atomic E-state index is 0.289. The van der Waals surface area contributed by atoms with Crippen LogP contribution >= 0.6 is 0 Å². The van der Waals surface area contributed by atoms with Crippen LogP contribution in [0.2, 0.25) is 0 Å². The first kappa shape index (κ1) is 9.87. The van der Waals surface area contributed by atoms with E-state index in [0.717, 1.165) is 25.3 Å². The summed E-state index contributed by atoms with van der Waals surface area (Å²) in [4.78, 5) is 10.6. The maximum absolute atomic E-state index is 8.70. The smallest absolute Gasteiger partial charge is 0.145 e. The summed E-state index contributed by atoms with van der Waals surface area (Å²) in [7, 11) is 2.08. The molecule has 0 saturated carbocycles. The molecule has 15 heavy (non-hydrogen) atoms. The Kier molecular flexibility index (Phi) is 2.52. The first-order valence-corrected chi connectivity index (χ1v) is 4.91. The Hall–Kier alpha value is -1.67. The number of nitrogens with two attached hydrogens (primary N) is 1. The summed E-state index contributed by atoms with van der Waals surface area (Å²) in [5.74, 6) is 1.40. The zero-order valence-corrected chi connectivity index (χ0v) is 8.64. The number of hydrogen-bond donors (Lipinski definition) is 1. The minimum Gasteiger partial charge on any atom is -0.382 e. The third-order valence-corrected chi connectivity index (χ3v) is 2.71. The highest BCUT2D eigenvalue weighted by Gasteiger charge is 2.23. The van der Waals surface area contributed by atoms with Gasteiger partial charge in [0.25, 0.3) is 0 Å². The zero-order chi connectivity index (χ0) is 10.8. The lowest BCUT2D eigenvalue weighted by Crippen LogP contribution is -2.15. The molecule has 0 amide bonds. The van der Waals surface area contributed by atoms with Gasteiger partial charge in [-0.25, -0.2) is 9.97 Å². The molecule has 1 unspecified atom stereocenters. The van der Waals surface area contributed by atoms with Gasteiger partial charge in [0.2, 0.25) is 0 Å². The van der Waals surface area contributed by atoms with E-state index in [1.54, 1.807) is 0 Å². The van der Waals surface area contributed by atoms with Crippen LogP contribution in [0.1, 0.15) is 23.7 Å². The van der Waals surface area contributed by atoms with E-state index in [9.17, 15) is 0 Å². The average molecular weight is 203 g/mol. The Morgan fingerprint density at radius 1 is 1.67 bits per heavy atom. The van der Waals surface area contributed by atoms with Crippen LogP contribution in [0.3, 0.4) is 0 Å². The minimum atomic E-state index is 0.289. The lowest BCUT2D eigenvalue weighted by atomic mass is 10.1. The van der Waals surface area contributed by atoms with E-state index in [0.29, 0.717) is 11.5 Å². The van der Waals surface area contributed by atoms with E-state index < -0.39 is 0 Å². The van der Waals surface area contributed by atoms with Crippen LogP contribution in [-0.2, 0) is 0 Å². The molecular formula is C10H13N5. The summed E-state index contributed by atoms with van der Waals surface area (Å²) < 4.78 is 0. The Morgan fingerprint density at radius 2 is 2.47 bits per heavy atom. The summed E-state index contributed by atoms with van der Waals surface area (Å²) in [6, 6.07) is 1.96. The first-order valence-electron chi connectivity index (χ1n) is 4.91. The van der Waals surface area contributed by atoms with E-state index in [2.05, 4.69) is 21.9 Å². The highest BCUT2D eigenvalue weighted by atomic mass is 15.1. The van der Waals surface area contributed by atoms with Crippen LogP contribution in [0.5, 0.6) is 0 Å². The number of anilines is 1. The lowest BCUT2D eigenvalue weighted by molar-refractivity contribution is 0.409. The number of nitrogen functional groups attached to an aromatic ring is 1. The van der Waals surface area contributed by atoms with Crippen molar-refractivity contribution in [3.05, 3.63) is 17.6 Å². The highest BCUT2D eigenvalue weighted by Crippen LogP contribution is 2.24. The monoisotopic (exact) mass is 203 g/mol. The van der Waals surface area contributed by atoms with Crippen LogP contribution < -0.4 is 5.73 Å². The maximum atomic E-state index is 8.70. The standard InChI is InChI=1S/C10H13N5/c1-15-3-2-7(6-15)10-13-5-8(4-11)9(12)14-10/h5,7H,2-3,6H2,1H3,(H2,12,13,14). The fourth-order valence-corrected chi connectivity index (χ4v) is 1.84. The Balaban J connectivity index is 2.24. The van der Waals surface area contributed by atoms with Gasteiger partial charge in [-0.15, -0.1) is 0 Å². The maximum Gasteiger partial charge on any atom is 0.145 e. The van der Waals surface area contributed by atoms with Gasteiger partial charge >= 0.3 is 0 Å². The summed E-state index contributed by atoms with van der Waals surface area (Å²) in [5, 5.41) is 8.70. The molecule has 5 nitrogen and oxygen atoms in total. The fourth-order valence-electron chi connectivity index (χ4n) is 1.84. The van der Waals surface area contributed by atoms with Crippen molar-refractivity contribution in [1.82, 2.24) is 14.9 Å². The van der Waals surface area contributed by atoms with Crippen LogP contribution in [-0.4, -0.2) is 35.0 Å². The SMILES string of the molecule is CN1CCC(c2ncc(C#N)c(N)n2)C1. The molecular weight excluding hydrogens is 190 g/mol. The van der Waals surface area contributed by atoms with Crippen molar-refractivity contribution in [2.45, 2.75) is 12.3 Å². The quantitative estimate of drug-likeness (QED) is 0.712. The number of likely N-dealkylation sites (N-methyl/N-ethyl adjacent to an activating group) is 1. The van der Waals surface area contributed by atoms with E-state index in [4.69, 9.17) is 11.0 Å². The number of likely N-dealkylation sites (tertiary alicyclic amines) is 1. The summed E-state index contributed by atoms with van der Waals surface area (Å²) in [5.41, 5.74) is 6.00. The van der Waals surface area contributed by atoms with Crippen LogP contribution in [0.15, 0.2) is 6.20 Å². The Labute approximate surface area is 88.5 Å². The van der Waals surface area contributed by atoms with Crippen LogP contribution in [0.25, 0.3) is 0 Å². The van der Waals surface area contributed by atoms with Gasteiger partial charge < -0.3 is 10.6 Å². The molecule has 1 aromatic heterocycles. The molecule has 1 saturated heterocycles. The van der Waals surface area contributed by atoms with Gasteiger partial charge in [-0.05, 0) is 20.0 Å². The third kappa shape index (κ3) is 1.90. The number of nitriles is 1. The molecule has 78 valence electrons. The van der Waals surface area contributed by atoms with Crippen molar-refractivity contribution in [1.29, 1.82) is 5.26 Å². The molecule has 0 radical (unpaired) electrons. The van der Waals surface area contributed by atoms with E-state index in [-0.39, 0.29) is 5.82 Å². The van der Waals surface area contributed by atoms with Crippen LogP contribution in [0, 0.1) is 11.3 Å². The molecule has 1 aliphatic heterocycles. The second-order valence-electron chi connectivity index (χ2n) is 3.89. The summed E-state index contributed by atoms with van der Waals surface area (Å²) in [6.07, 6.45) is 2.57. The van der Waals surface area contributed by atoms with Crippen LogP contribution in [0.4, 0.5) is 5.82 Å². The number of hydrogen-bond acceptors (Lipinski definition) is 5. The summed E-state index contributed by atoms with van der Waals surface area (Å²) in [6.45, 7) is 2.03. The first-order chi connectivity index (χ1) is 7.20. The van der Waals surface area contributed by atoms with Gasteiger partial charge in [0.05, 0.1) is 6.20 Å². The third-order valence-electron chi connectivity index (χ3n) is 2.71. The molecule has 1 fully saturated rings. The predicted molar refractivity (Wildman–Crippen MR) is 56.0 cm³/mol. The Morgan fingerprint density at radius 3 is 3.00 bits per heavy atom. The number of rotatable bonds is 1. The molecule has 2 rings (SSSR count). The van der Waals surface area contributed by atoms with Crippen molar-refractivity contribution in [3.8, 4) is 6.07 Å². The van der Waals surface area contributed by atoms with Gasteiger partial charge in [0, 0.05) is 12.5 Å². The van der Waals surface area contributed by atoms with Gasteiger partial charge in [0.15, 0.2) is 0 Å². The number of nitrogens with zero attached hydrogens (tertiary/aromatic N) is 4. The molecule has 1 aromatic rings. The summed E-state index contributed by atoms with van der Waals surface area (Å²) >= 11 is 0. The molecule has 2 heterocycles. The fraction of sp³-hybridized carbons (Fsp3) is 0.500. The topological polar surface area (TPSA) is 78.8 Å². The van der Waals surface area contributed by atoms with Crippen molar-refractivity contribution in [3.63, 3.8) is 0 Å². The Bertz CT molecular complexity index is 409. The molecule has 5 heteroatoms. The zero-order valence-electron chi connectivity index (χ0n) is 8.64. The van der Waals surface area contributed by atoms with E-state index in [1.165, 1.54) is 6.20 Å². The van der Waals surface area contributed by atoms with Gasteiger partial charge in [-0.3, -0.25) is 0 Å². The van der Waals surface area contributed by atoms with Gasteiger partial charge in [-0.2, -0.15) is 5.26 Å². The number of aromatic nitrogens is 2. The molecule has 0 bridgehead atoms. The normalized spacial score (nSPS) is 21.5. The van der Waals surface area contributed by atoms with Crippen molar-refractivity contribution in [2.24, 2.45) is 0 Å². The molecule has 1 aliphatic rings. The molecule has 0 aromatic carbocycles. The van der Waals surface area contributed by atoms with Crippen molar-refractivity contribution in [2.75, 3.05) is 25.9 Å².